The van der Waals surface area contributed by atoms with Crippen molar-refractivity contribution in [2.24, 2.45) is 0 Å². The molecule has 0 atom stereocenters. The van der Waals surface area contributed by atoms with Gasteiger partial charge in [0, 0.05) is 37.7 Å². The Hall–Kier alpha value is -2.74. The number of hydrogen-bond donors (Lipinski definition) is 0. The molecule has 2 aromatic rings. The molecule has 5 nitrogen and oxygen atoms in total. The number of hydrogen-bond acceptors (Lipinski definition) is 4. The average molecular weight is 252 g/mol. The summed E-state index contributed by atoms with van der Waals surface area (Å²) in [5.74, 6) is -0.143. The van der Waals surface area contributed by atoms with Gasteiger partial charge in [0.2, 0.25) is 0 Å². The zero-order chi connectivity index (χ0) is 13.7. The molecule has 0 unspecified atom stereocenters. The van der Waals surface area contributed by atoms with E-state index < -0.39 is 0 Å². The molecule has 0 aliphatic carbocycles. The Labute approximate surface area is 111 Å². The molecule has 0 saturated carbocycles. The van der Waals surface area contributed by atoms with Gasteiger partial charge in [-0.05, 0) is 29.8 Å². The third kappa shape index (κ3) is 3.13. The number of rotatable bonds is 3. The highest BCUT2D eigenvalue weighted by Gasteiger charge is 2.12. The molecule has 2 rings (SSSR count). The zero-order valence-electron chi connectivity index (χ0n) is 10.4. The highest BCUT2D eigenvalue weighted by molar-refractivity contribution is 5.94. The van der Waals surface area contributed by atoms with Crippen LogP contribution in [0.2, 0.25) is 0 Å². The number of nitrogens with zero attached hydrogens (tertiary/aromatic N) is 4. The maximum atomic E-state index is 12.2. The molecule has 0 saturated heterocycles. The molecule has 2 heterocycles. The Morgan fingerprint density at radius 1 is 1.32 bits per heavy atom. The topological polar surface area (TPSA) is 69.9 Å². The molecule has 0 aliphatic heterocycles. The van der Waals surface area contributed by atoms with Crippen molar-refractivity contribution in [2.75, 3.05) is 7.05 Å². The first-order valence-corrected chi connectivity index (χ1v) is 5.71. The second kappa shape index (κ2) is 5.74. The molecule has 19 heavy (non-hydrogen) atoms. The van der Waals surface area contributed by atoms with E-state index in [1.165, 1.54) is 12.3 Å². The van der Waals surface area contributed by atoms with E-state index in [-0.39, 0.29) is 11.6 Å². The van der Waals surface area contributed by atoms with Crippen molar-refractivity contribution in [3.8, 4) is 6.07 Å². The quantitative estimate of drug-likeness (QED) is 0.832. The minimum Gasteiger partial charge on any atom is -0.337 e. The number of aromatic nitrogens is 2. The van der Waals surface area contributed by atoms with Crippen LogP contribution in [0.1, 0.15) is 21.6 Å². The number of nitriles is 1. The molecule has 94 valence electrons. The molecule has 0 spiro atoms. The van der Waals surface area contributed by atoms with Gasteiger partial charge >= 0.3 is 0 Å². The summed E-state index contributed by atoms with van der Waals surface area (Å²) in [5, 5.41) is 8.77. The lowest BCUT2D eigenvalue weighted by molar-refractivity contribution is 0.0785. The maximum absolute atomic E-state index is 12.2. The lowest BCUT2D eigenvalue weighted by atomic mass is 10.2. The van der Waals surface area contributed by atoms with Crippen molar-refractivity contribution in [1.29, 1.82) is 5.26 Å². The van der Waals surface area contributed by atoms with Gasteiger partial charge in [-0.1, -0.05) is 0 Å². The fourth-order valence-corrected chi connectivity index (χ4v) is 1.68. The first-order chi connectivity index (χ1) is 9.20. The minimum atomic E-state index is -0.143. The zero-order valence-corrected chi connectivity index (χ0v) is 10.4. The van der Waals surface area contributed by atoms with Crippen molar-refractivity contribution in [1.82, 2.24) is 14.9 Å². The third-order valence-corrected chi connectivity index (χ3v) is 2.64. The second-order valence-electron chi connectivity index (χ2n) is 4.06. The normalized spacial score (nSPS) is 9.68. The first kappa shape index (κ1) is 12.7. The van der Waals surface area contributed by atoms with Crippen LogP contribution in [-0.2, 0) is 6.54 Å². The SMILES string of the molecule is CN(Cc1ccncc1)C(=O)c1ccnc(C#N)c1. The van der Waals surface area contributed by atoms with Crippen LogP contribution in [0.5, 0.6) is 0 Å². The lowest BCUT2D eigenvalue weighted by Gasteiger charge is -2.17. The van der Waals surface area contributed by atoms with Crippen molar-refractivity contribution >= 4 is 5.91 Å². The van der Waals surface area contributed by atoms with Gasteiger partial charge in [0.25, 0.3) is 5.91 Å². The van der Waals surface area contributed by atoms with Crippen LogP contribution in [0.15, 0.2) is 42.9 Å². The van der Waals surface area contributed by atoms with Crippen LogP contribution in [0.4, 0.5) is 0 Å². The molecular formula is C14H12N4O. The van der Waals surface area contributed by atoms with Gasteiger partial charge in [-0.3, -0.25) is 9.78 Å². The summed E-state index contributed by atoms with van der Waals surface area (Å²) in [5.41, 5.74) is 1.70. The number of carbonyl (C=O) groups excluding carboxylic acids is 1. The van der Waals surface area contributed by atoms with Gasteiger partial charge in [-0.25, -0.2) is 4.98 Å². The van der Waals surface area contributed by atoms with Gasteiger partial charge in [-0.15, -0.1) is 0 Å². The Bertz CT molecular complexity index is 619. The molecule has 0 radical (unpaired) electrons. The van der Waals surface area contributed by atoms with Gasteiger partial charge in [-0.2, -0.15) is 5.26 Å². The Kier molecular flexibility index (Phi) is 3.84. The molecule has 0 N–H and O–H groups in total. The van der Waals surface area contributed by atoms with Crippen LogP contribution in [0.3, 0.4) is 0 Å². The van der Waals surface area contributed by atoms with Crippen LogP contribution < -0.4 is 0 Å². The van der Waals surface area contributed by atoms with E-state index in [4.69, 9.17) is 5.26 Å². The highest BCUT2D eigenvalue weighted by atomic mass is 16.2. The van der Waals surface area contributed by atoms with Gasteiger partial charge < -0.3 is 4.90 Å². The van der Waals surface area contributed by atoms with Crippen molar-refractivity contribution in [3.63, 3.8) is 0 Å². The van der Waals surface area contributed by atoms with Gasteiger partial charge in [0.1, 0.15) is 11.8 Å². The largest absolute Gasteiger partial charge is 0.337 e. The van der Waals surface area contributed by atoms with Crippen LogP contribution in [-0.4, -0.2) is 27.8 Å². The Morgan fingerprint density at radius 2 is 2.05 bits per heavy atom. The van der Waals surface area contributed by atoms with Crippen LogP contribution in [0.25, 0.3) is 0 Å². The fraction of sp³-hybridized carbons (Fsp3) is 0.143. The molecule has 1 amide bonds. The van der Waals surface area contributed by atoms with E-state index in [0.29, 0.717) is 12.1 Å². The predicted molar refractivity (Wildman–Crippen MR) is 69.0 cm³/mol. The summed E-state index contributed by atoms with van der Waals surface area (Å²) in [7, 11) is 1.72. The van der Waals surface area contributed by atoms with Gasteiger partial charge in [0.15, 0.2) is 0 Å². The Balaban J connectivity index is 2.13. The van der Waals surface area contributed by atoms with Crippen molar-refractivity contribution in [3.05, 3.63) is 59.7 Å². The van der Waals surface area contributed by atoms with Gasteiger partial charge in [0.05, 0.1) is 0 Å². The summed E-state index contributed by atoms with van der Waals surface area (Å²) >= 11 is 0. The highest BCUT2D eigenvalue weighted by Crippen LogP contribution is 2.08. The van der Waals surface area contributed by atoms with E-state index in [1.54, 1.807) is 30.4 Å². The van der Waals surface area contributed by atoms with E-state index in [9.17, 15) is 4.79 Å². The molecule has 0 fully saturated rings. The fourth-order valence-electron chi connectivity index (χ4n) is 1.68. The van der Waals surface area contributed by atoms with E-state index in [0.717, 1.165) is 5.56 Å². The van der Waals surface area contributed by atoms with Crippen LogP contribution >= 0.6 is 0 Å². The molecule has 5 heteroatoms. The molecule has 0 aliphatic rings. The molecule has 0 aromatic carbocycles. The lowest BCUT2D eigenvalue weighted by Crippen LogP contribution is -2.26. The van der Waals surface area contributed by atoms with Crippen LogP contribution in [0, 0.1) is 11.3 Å². The van der Waals surface area contributed by atoms with Crippen molar-refractivity contribution < 1.29 is 4.79 Å². The third-order valence-electron chi connectivity index (χ3n) is 2.64. The standard InChI is InChI=1S/C14H12N4O/c1-18(10-11-2-5-16-6-3-11)14(19)12-4-7-17-13(8-12)9-15/h2-8H,10H2,1H3. The summed E-state index contributed by atoms with van der Waals surface area (Å²) in [6.07, 6.45) is 4.84. The summed E-state index contributed by atoms with van der Waals surface area (Å²) in [6.45, 7) is 0.492. The average Bonchev–Trinajstić information content (AvgIpc) is 2.47. The minimum absolute atomic E-state index is 0.143. The predicted octanol–water partition coefficient (Wildman–Crippen LogP) is 1.62. The van der Waals surface area contributed by atoms with Crippen molar-refractivity contribution in [2.45, 2.75) is 6.54 Å². The molecule has 0 bridgehead atoms. The second-order valence-corrected chi connectivity index (χ2v) is 4.06. The number of carbonyl (C=O) groups is 1. The number of amides is 1. The van der Waals surface area contributed by atoms with E-state index in [2.05, 4.69) is 9.97 Å². The molecular weight excluding hydrogens is 240 g/mol. The maximum Gasteiger partial charge on any atom is 0.254 e. The monoisotopic (exact) mass is 252 g/mol. The smallest absolute Gasteiger partial charge is 0.254 e. The Morgan fingerprint density at radius 3 is 2.74 bits per heavy atom. The summed E-state index contributed by atoms with van der Waals surface area (Å²) in [6, 6.07) is 8.73. The first-order valence-electron chi connectivity index (χ1n) is 5.71. The van der Waals surface area contributed by atoms with E-state index >= 15 is 0 Å². The summed E-state index contributed by atoms with van der Waals surface area (Å²) < 4.78 is 0. The van der Waals surface area contributed by atoms with E-state index in [1.807, 2.05) is 18.2 Å². The summed E-state index contributed by atoms with van der Waals surface area (Å²) in [4.78, 5) is 21.6. The molecule has 2 aromatic heterocycles. The number of pyridine rings is 2.